The highest BCUT2D eigenvalue weighted by atomic mass is 32.1. The SMILES string of the molecule is Cc1cc(C(=O)Nc2ccsc2)cc(N)n1. The molecule has 0 unspecified atom stereocenters. The minimum absolute atomic E-state index is 0.171. The fourth-order valence-electron chi connectivity index (χ4n) is 1.36. The maximum atomic E-state index is 11.8. The van der Waals surface area contributed by atoms with Gasteiger partial charge in [-0.1, -0.05) is 0 Å². The van der Waals surface area contributed by atoms with Gasteiger partial charge < -0.3 is 11.1 Å². The summed E-state index contributed by atoms with van der Waals surface area (Å²) in [7, 11) is 0. The molecule has 0 saturated carbocycles. The summed E-state index contributed by atoms with van der Waals surface area (Å²) < 4.78 is 0. The third kappa shape index (κ3) is 2.38. The van der Waals surface area contributed by atoms with Gasteiger partial charge in [0.2, 0.25) is 0 Å². The highest BCUT2D eigenvalue weighted by molar-refractivity contribution is 7.08. The van der Waals surface area contributed by atoms with Gasteiger partial charge in [0.05, 0.1) is 5.69 Å². The van der Waals surface area contributed by atoms with Crippen molar-refractivity contribution in [2.24, 2.45) is 0 Å². The Morgan fingerprint density at radius 1 is 1.50 bits per heavy atom. The van der Waals surface area contributed by atoms with E-state index in [1.807, 2.05) is 16.8 Å². The van der Waals surface area contributed by atoms with Crippen LogP contribution in [-0.2, 0) is 0 Å². The van der Waals surface area contributed by atoms with Crippen LogP contribution >= 0.6 is 11.3 Å². The molecule has 2 heterocycles. The van der Waals surface area contributed by atoms with Crippen LogP contribution in [0.1, 0.15) is 16.1 Å². The van der Waals surface area contributed by atoms with Crippen LogP contribution in [0.3, 0.4) is 0 Å². The lowest BCUT2D eigenvalue weighted by molar-refractivity contribution is 0.102. The molecule has 0 saturated heterocycles. The molecule has 2 aromatic rings. The molecule has 0 fully saturated rings. The summed E-state index contributed by atoms with van der Waals surface area (Å²) in [6, 6.07) is 5.12. The summed E-state index contributed by atoms with van der Waals surface area (Å²) in [5.41, 5.74) is 7.63. The molecular formula is C11H11N3OS. The van der Waals surface area contributed by atoms with Crippen LogP contribution < -0.4 is 11.1 Å². The topological polar surface area (TPSA) is 68.0 Å². The van der Waals surface area contributed by atoms with Crippen LogP contribution in [0, 0.1) is 6.92 Å². The Kier molecular flexibility index (Phi) is 2.87. The van der Waals surface area contributed by atoms with Gasteiger partial charge in [-0.05, 0) is 30.5 Å². The third-order valence-corrected chi connectivity index (χ3v) is 2.70. The summed E-state index contributed by atoms with van der Waals surface area (Å²) in [6.07, 6.45) is 0. The molecule has 82 valence electrons. The third-order valence-electron chi connectivity index (χ3n) is 2.01. The molecule has 4 nitrogen and oxygen atoms in total. The van der Waals surface area contributed by atoms with Gasteiger partial charge in [-0.25, -0.2) is 4.98 Å². The van der Waals surface area contributed by atoms with Crippen molar-refractivity contribution >= 4 is 28.7 Å². The molecule has 0 aliphatic carbocycles. The largest absolute Gasteiger partial charge is 0.384 e. The van der Waals surface area contributed by atoms with E-state index in [0.717, 1.165) is 11.4 Å². The molecule has 0 aliphatic heterocycles. The number of carbonyl (C=O) groups excluding carboxylic acids is 1. The van der Waals surface area contributed by atoms with E-state index in [1.165, 1.54) is 11.3 Å². The average Bonchev–Trinajstić information content (AvgIpc) is 2.68. The van der Waals surface area contributed by atoms with Crippen molar-refractivity contribution in [3.8, 4) is 0 Å². The Morgan fingerprint density at radius 2 is 2.31 bits per heavy atom. The lowest BCUT2D eigenvalue weighted by atomic mass is 10.2. The molecule has 2 rings (SSSR count). The number of nitrogen functional groups attached to an aromatic ring is 1. The number of nitrogens with zero attached hydrogens (tertiary/aromatic N) is 1. The first-order valence-electron chi connectivity index (χ1n) is 4.73. The highest BCUT2D eigenvalue weighted by Crippen LogP contribution is 2.14. The number of nitrogens with two attached hydrogens (primary N) is 1. The number of amides is 1. The van der Waals surface area contributed by atoms with Gasteiger partial charge in [-0.2, -0.15) is 11.3 Å². The van der Waals surface area contributed by atoms with Crippen LogP contribution in [0.4, 0.5) is 11.5 Å². The summed E-state index contributed by atoms with van der Waals surface area (Å²) in [4.78, 5) is 15.8. The zero-order chi connectivity index (χ0) is 11.5. The van der Waals surface area contributed by atoms with Crippen molar-refractivity contribution in [2.75, 3.05) is 11.1 Å². The molecule has 2 aromatic heterocycles. The molecule has 0 radical (unpaired) electrons. The minimum atomic E-state index is -0.171. The highest BCUT2D eigenvalue weighted by Gasteiger charge is 2.08. The van der Waals surface area contributed by atoms with Gasteiger partial charge >= 0.3 is 0 Å². The van der Waals surface area contributed by atoms with Crippen molar-refractivity contribution < 1.29 is 4.79 Å². The lowest BCUT2D eigenvalue weighted by Crippen LogP contribution is -2.12. The maximum absolute atomic E-state index is 11.8. The Hall–Kier alpha value is -1.88. The average molecular weight is 233 g/mol. The smallest absolute Gasteiger partial charge is 0.255 e. The summed E-state index contributed by atoms with van der Waals surface area (Å²) in [5, 5.41) is 6.56. The fourth-order valence-corrected chi connectivity index (χ4v) is 1.95. The van der Waals surface area contributed by atoms with E-state index < -0.39 is 0 Å². The van der Waals surface area contributed by atoms with Crippen molar-refractivity contribution in [2.45, 2.75) is 6.92 Å². The molecule has 0 atom stereocenters. The van der Waals surface area contributed by atoms with Crippen LogP contribution in [0.15, 0.2) is 29.0 Å². The number of aromatic nitrogens is 1. The van der Waals surface area contributed by atoms with Gasteiger partial charge in [0.25, 0.3) is 5.91 Å². The Balaban J connectivity index is 2.21. The van der Waals surface area contributed by atoms with Crippen molar-refractivity contribution in [3.63, 3.8) is 0 Å². The molecule has 1 amide bonds. The van der Waals surface area contributed by atoms with Crippen LogP contribution in [-0.4, -0.2) is 10.9 Å². The monoisotopic (exact) mass is 233 g/mol. The zero-order valence-corrected chi connectivity index (χ0v) is 9.54. The second kappa shape index (κ2) is 4.32. The first-order chi connectivity index (χ1) is 7.65. The van der Waals surface area contributed by atoms with E-state index in [-0.39, 0.29) is 5.91 Å². The zero-order valence-electron chi connectivity index (χ0n) is 8.73. The van der Waals surface area contributed by atoms with Crippen molar-refractivity contribution in [3.05, 3.63) is 40.2 Å². The number of carbonyl (C=O) groups is 1. The van der Waals surface area contributed by atoms with E-state index >= 15 is 0 Å². The number of rotatable bonds is 2. The number of pyridine rings is 1. The minimum Gasteiger partial charge on any atom is -0.384 e. The second-order valence-corrected chi connectivity index (χ2v) is 4.17. The van der Waals surface area contributed by atoms with Gasteiger partial charge in [-0.3, -0.25) is 4.79 Å². The Morgan fingerprint density at radius 3 is 2.94 bits per heavy atom. The fraction of sp³-hybridized carbons (Fsp3) is 0.0909. The van der Waals surface area contributed by atoms with E-state index in [0.29, 0.717) is 11.4 Å². The van der Waals surface area contributed by atoms with Crippen LogP contribution in [0.5, 0.6) is 0 Å². The number of anilines is 2. The van der Waals surface area contributed by atoms with Gasteiger partial charge in [0, 0.05) is 16.6 Å². The number of aryl methyl sites for hydroxylation is 1. The van der Waals surface area contributed by atoms with Crippen LogP contribution in [0.25, 0.3) is 0 Å². The van der Waals surface area contributed by atoms with Gasteiger partial charge in [-0.15, -0.1) is 0 Å². The van der Waals surface area contributed by atoms with Gasteiger partial charge in [0.15, 0.2) is 0 Å². The van der Waals surface area contributed by atoms with E-state index in [2.05, 4.69) is 10.3 Å². The van der Waals surface area contributed by atoms with E-state index in [4.69, 9.17) is 5.73 Å². The maximum Gasteiger partial charge on any atom is 0.255 e. The first kappa shape index (κ1) is 10.6. The van der Waals surface area contributed by atoms with Crippen LogP contribution in [0.2, 0.25) is 0 Å². The van der Waals surface area contributed by atoms with Crippen molar-refractivity contribution in [1.29, 1.82) is 0 Å². The molecule has 0 bridgehead atoms. The Bertz CT molecular complexity index is 488. The summed E-state index contributed by atoms with van der Waals surface area (Å²) in [5.74, 6) is 0.186. The van der Waals surface area contributed by atoms with Gasteiger partial charge in [0.1, 0.15) is 5.82 Å². The molecule has 5 heteroatoms. The Labute approximate surface area is 97.1 Å². The quantitative estimate of drug-likeness (QED) is 0.836. The number of thiophene rings is 1. The molecular weight excluding hydrogens is 222 g/mol. The molecule has 16 heavy (non-hydrogen) atoms. The van der Waals surface area contributed by atoms with E-state index in [1.54, 1.807) is 19.1 Å². The standard InChI is InChI=1S/C11H11N3OS/c1-7-4-8(5-10(12)13-7)11(15)14-9-2-3-16-6-9/h2-6H,1H3,(H2,12,13)(H,14,15). The first-order valence-corrected chi connectivity index (χ1v) is 5.67. The molecule has 0 spiro atoms. The lowest BCUT2D eigenvalue weighted by Gasteiger charge is -2.04. The molecule has 3 N–H and O–H groups in total. The van der Waals surface area contributed by atoms with Crippen molar-refractivity contribution in [1.82, 2.24) is 4.98 Å². The van der Waals surface area contributed by atoms with E-state index in [9.17, 15) is 4.79 Å². The predicted octanol–water partition coefficient (Wildman–Crippen LogP) is 2.29. The predicted molar refractivity (Wildman–Crippen MR) is 65.7 cm³/mol. The molecule has 0 aliphatic rings. The summed E-state index contributed by atoms with van der Waals surface area (Å²) >= 11 is 1.53. The number of nitrogens with one attached hydrogen (secondary N) is 1. The number of hydrogen-bond acceptors (Lipinski definition) is 4. The molecule has 0 aromatic carbocycles. The second-order valence-electron chi connectivity index (χ2n) is 3.39. The summed E-state index contributed by atoms with van der Waals surface area (Å²) in [6.45, 7) is 1.80. The normalized spacial score (nSPS) is 10.1. The number of hydrogen-bond donors (Lipinski definition) is 2.